The van der Waals surface area contributed by atoms with Gasteiger partial charge in [0.05, 0.1) is 34.0 Å². The topological polar surface area (TPSA) is 74.3 Å². The van der Waals surface area contributed by atoms with E-state index < -0.39 is 11.9 Å². The first-order chi connectivity index (χ1) is 9.99. The molecule has 1 amide bonds. The van der Waals surface area contributed by atoms with Gasteiger partial charge in [-0.25, -0.2) is 0 Å². The molecule has 7 heteroatoms. The predicted octanol–water partition coefficient (Wildman–Crippen LogP) is 0.957. The van der Waals surface area contributed by atoms with Crippen LogP contribution in [0.25, 0.3) is 0 Å². The van der Waals surface area contributed by atoms with Crippen LogP contribution in [0.4, 0.5) is 0 Å². The van der Waals surface area contributed by atoms with Crippen LogP contribution in [0.2, 0.25) is 0 Å². The van der Waals surface area contributed by atoms with Gasteiger partial charge >= 0.3 is 5.97 Å². The fourth-order valence-electron chi connectivity index (χ4n) is 1.81. The van der Waals surface area contributed by atoms with E-state index >= 15 is 0 Å². The van der Waals surface area contributed by atoms with Gasteiger partial charge in [-0.05, 0) is 12.1 Å². The zero-order valence-corrected chi connectivity index (χ0v) is 12.8. The van der Waals surface area contributed by atoms with Gasteiger partial charge in [-0.2, -0.15) is 0 Å². The Morgan fingerprint density at radius 1 is 1.00 bits per heavy atom. The highest BCUT2D eigenvalue weighted by Crippen LogP contribution is 2.40. The van der Waals surface area contributed by atoms with Crippen molar-refractivity contribution < 1.29 is 28.5 Å². The van der Waals surface area contributed by atoms with Crippen molar-refractivity contribution in [3.63, 3.8) is 0 Å². The van der Waals surface area contributed by atoms with E-state index in [0.717, 1.165) is 0 Å². The number of carbonyl (C=O) groups excluding carboxylic acids is 2. The molecule has 0 aromatic heterocycles. The molecule has 0 radical (unpaired) electrons. The van der Waals surface area contributed by atoms with Gasteiger partial charge in [0.2, 0.25) is 5.75 Å². The van der Waals surface area contributed by atoms with E-state index in [1.807, 2.05) is 0 Å². The van der Waals surface area contributed by atoms with Crippen molar-refractivity contribution in [2.75, 3.05) is 42.0 Å². The Hall–Kier alpha value is -2.44. The summed E-state index contributed by atoms with van der Waals surface area (Å²) in [6.07, 6.45) is 0. The third kappa shape index (κ3) is 3.56. The van der Waals surface area contributed by atoms with Crippen LogP contribution in [0.3, 0.4) is 0 Å². The number of esters is 1. The highest BCUT2D eigenvalue weighted by molar-refractivity contribution is 5.99. The van der Waals surface area contributed by atoms with Crippen molar-refractivity contribution >= 4 is 11.9 Å². The lowest BCUT2D eigenvalue weighted by atomic mass is 10.1. The maximum Gasteiger partial charge on any atom is 0.325 e. The van der Waals surface area contributed by atoms with Crippen LogP contribution in [0.1, 0.15) is 10.4 Å². The maximum atomic E-state index is 12.4. The van der Waals surface area contributed by atoms with Crippen molar-refractivity contribution in [2.24, 2.45) is 0 Å². The van der Waals surface area contributed by atoms with Gasteiger partial charge < -0.3 is 23.8 Å². The molecule has 0 fully saturated rings. The summed E-state index contributed by atoms with van der Waals surface area (Å²) < 4.78 is 20.2. The number of likely N-dealkylation sites (N-methyl/N-ethyl adjacent to an activating group) is 1. The van der Waals surface area contributed by atoms with Gasteiger partial charge in [0.1, 0.15) is 6.54 Å². The van der Waals surface area contributed by atoms with Crippen LogP contribution >= 0.6 is 0 Å². The second-order valence-corrected chi connectivity index (χ2v) is 4.12. The molecule has 0 atom stereocenters. The minimum atomic E-state index is -0.509. The van der Waals surface area contributed by atoms with Crippen LogP contribution < -0.4 is 14.2 Å². The molecule has 0 spiro atoms. The molecule has 1 aromatic rings. The average molecular weight is 297 g/mol. The van der Waals surface area contributed by atoms with Crippen LogP contribution in [0, 0.1) is 0 Å². The molecule has 0 unspecified atom stereocenters. The van der Waals surface area contributed by atoms with Crippen molar-refractivity contribution in [1.82, 2.24) is 4.90 Å². The lowest BCUT2D eigenvalue weighted by molar-refractivity contribution is -0.141. The molecule has 1 aromatic carbocycles. The smallest absolute Gasteiger partial charge is 0.325 e. The van der Waals surface area contributed by atoms with E-state index in [9.17, 15) is 9.59 Å². The van der Waals surface area contributed by atoms with Gasteiger partial charge in [0, 0.05) is 7.05 Å². The summed E-state index contributed by atoms with van der Waals surface area (Å²) in [5.41, 5.74) is 0.265. The molecule has 0 N–H and O–H groups in total. The van der Waals surface area contributed by atoms with E-state index in [0.29, 0.717) is 11.5 Å². The normalized spacial score (nSPS) is 9.76. The Balaban J connectivity index is 3.17. The molecule has 0 saturated heterocycles. The van der Waals surface area contributed by atoms with Gasteiger partial charge in [-0.15, -0.1) is 0 Å². The standard InChI is InChI=1S/C14H19NO6/c1-15(8-11(16)19-3)14(17)9-6-7-10(18-2)13(21-5)12(9)20-4/h6-7H,8H2,1-5H3. The lowest BCUT2D eigenvalue weighted by Crippen LogP contribution is -2.32. The summed E-state index contributed by atoms with van der Waals surface area (Å²) in [6.45, 7) is -0.160. The number of methoxy groups -OCH3 is 4. The summed E-state index contributed by atoms with van der Waals surface area (Å²) in [4.78, 5) is 24.9. The highest BCUT2D eigenvalue weighted by atomic mass is 16.5. The zero-order chi connectivity index (χ0) is 16.0. The average Bonchev–Trinajstić information content (AvgIpc) is 2.51. The lowest BCUT2D eigenvalue weighted by Gasteiger charge is -2.19. The summed E-state index contributed by atoms with van der Waals surface area (Å²) in [6, 6.07) is 3.15. The number of ether oxygens (including phenoxy) is 4. The van der Waals surface area contributed by atoms with E-state index in [-0.39, 0.29) is 17.9 Å². The quantitative estimate of drug-likeness (QED) is 0.728. The summed E-state index contributed by atoms with van der Waals surface area (Å²) in [5.74, 6) is 0.112. The number of amides is 1. The molecule has 0 aliphatic rings. The number of benzene rings is 1. The Morgan fingerprint density at radius 2 is 1.62 bits per heavy atom. The third-order valence-electron chi connectivity index (χ3n) is 2.88. The highest BCUT2D eigenvalue weighted by Gasteiger charge is 2.24. The minimum Gasteiger partial charge on any atom is -0.493 e. The third-order valence-corrected chi connectivity index (χ3v) is 2.88. The van der Waals surface area contributed by atoms with Crippen LogP contribution in [-0.2, 0) is 9.53 Å². The molecule has 21 heavy (non-hydrogen) atoms. The van der Waals surface area contributed by atoms with Crippen molar-refractivity contribution in [3.8, 4) is 17.2 Å². The largest absolute Gasteiger partial charge is 0.493 e. The summed E-state index contributed by atoms with van der Waals surface area (Å²) >= 11 is 0. The monoisotopic (exact) mass is 297 g/mol. The van der Waals surface area contributed by atoms with Crippen molar-refractivity contribution in [1.29, 1.82) is 0 Å². The molecular weight excluding hydrogens is 278 g/mol. The first-order valence-corrected chi connectivity index (χ1v) is 6.11. The van der Waals surface area contributed by atoms with Crippen molar-refractivity contribution in [2.45, 2.75) is 0 Å². The molecule has 7 nitrogen and oxygen atoms in total. The number of rotatable bonds is 6. The van der Waals surface area contributed by atoms with Gasteiger partial charge in [0.15, 0.2) is 11.5 Å². The SMILES string of the molecule is COC(=O)CN(C)C(=O)c1ccc(OC)c(OC)c1OC. The fraction of sp³-hybridized carbons (Fsp3) is 0.429. The second kappa shape index (κ2) is 7.37. The fourth-order valence-corrected chi connectivity index (χ4v) is 1.81. The number of carbonyl (C=O) groups is 2. The zero-order valence-electron chi connectivity index (χ0n) is 12.8. The first-order valence-electron chi connectivity index (χ1n) is 6.11. The Bertz CT molecular complexity index is 528. The summed E-state index contributed by atoms with van der Waals surface area (Å²) in [7, 11) is 7.12. The molecule has 0 heterocycles. The number of hydrogen-bond acceptors (Lipinski definition) is 6. The molecular formula is C14H19NO6. The molecule has 0 saturated carbocycles. The van der Waals surface area contributed by atoms with E-state index in [1.54, 1.807) is 12.1 Å². The minimum absolute atomic E-state index is 0.160. The second-order valence-electron chi connectivity index (χ2n) is 4.12. The van der Waals surface area contributed by atoms with Crippen LogP contribution in [-0.4, -0.2) is 58.8 Å². The molecule has 0 aliphatic heterocycles. The number of hydrogen-bond donors (Lipinski definition) is 0. The van der Waals surface area contributed by atoms with Gasteiger partial charge in [-0.3, -0.25) is 9.59 Å². The van der Waals surface area contributed by atoms with E-state index in [1.165, 1.54) is 40.4 Å². The van der Waals surface area contributed by atoms with Gasteiger partial charge in [0.25, 0.3) is 5.91 Å². The maximum absolute atomic E-state index is 12.4. The van der Waals surface area contributed by atoms with Crippen LogP contribution in [0.5, 0.6) is 17.2 Å². The Kier molecular flexibility index (Phi) is 5.83. The molecule has 0 bridgehead atoms. The summed E-state index contributed by atoms with van der Waals surface area (Å²) in [5, 5.41) is 0. The molecule has 0 aliphatic carbocycles. The Morgan fingerprint density at radius 3 is 2.10 bits per heavy atom. The van der Waals surface area contributed by atoms with Crippen LogP contribution in [0.15, 0.2) is 12.1 Å². The first kappa shape index (κ1) is 16.6. The number of nitrogens with zero attached hydrogens (tertiary/aromatic N) is 1. The van der Waals surface area contributed by atoms with Gasteiger partial charge in [-0.1, -0.05) is 0 Å². The van der Waals surface area contributed by atoms with E-state index in [4.69, 9.17) is 14.2 Å². The van der Waals surface area contributed by atoms with E-state index in [2.05, 4.69) is 4.74 Å². The van der Waals surface area contributed by atoms with Crippen molar-refractivity contribution in [3.05, 3.63) is 17.7 Å². The molecule has 116 valence electrons. The predicted molar refractivity (Wildman–Crippen MR) is 75.1 cm³/mol. The Labute approximate surface area is 123 Å². The molecule has 1 rings (SSSR count).